The van der Waals surface area contributed by atoms with Crippen LogP contribution in [0, 0.1) is 0 Å². The van der Waals surface area contributed by atoms with E-state index in [1.807, 2.05) is 21.0 Å². The van der Waals surface area contributed by atoms with E-state index in [9.17, 15) is 8.42 Å². The molecule has 2 heterocycles. The Morgan fingerprint density at radius 3 is 2.58 bits per heavy atom. The first kappa shape index (κ1) is 13.8. The van der Waals surface area contributed by atoms with E-state index < -0.39 is 10.0 Å². The Bertz CT molecular complexity index is 705. The van der Waals surface area contributed by atoms with Gasteiger partial charge in [-0.2, -0.15) is 4.52 Å². The van der Waals surface area contributed by atoms with Crippen LogP contribution in [0.25, 0.3) is 5.65 Å². The number of nitrogens with two attached hydrogens (primary N) is 1. The molecule has 0 amide bonds. The summed E-state index contributed by atoms with van der Waals surface area (Å²) in [6, 6.07) is 3.52. The molecule has 0 aliphatic heterocycles. The van der Waals surface area contributed by atoms with Crippen molar-refractivity contribution in [3.63, 3.8) is 0 Å². The van der Waals surface area contributed by atoms with E-state index in [0.717, 1.165) is 6.42 Å². The third kappa shape index (κ3) is 2.54. The smallest absolute Gasteiger partial charge is 0.257 e. The van der Waals surface area contributed by atoms with Crippen LogP contribution in [0.5, 0.6) is 0 Å². The van der Waals surface area contributed by atoms with Gasteiger partial charge >= 0.3 is 0 Å². The van der Waals surface area contributed by atoms with Gasteiger partial charge in [0.2, 0.25) is 0 Å². The zero-order valence-corrected chi connectivity index (χ0v) is 12.0. The van der Waals surface area contributed by atoms with Crippen LogP contribution in [0.15, 0.2) is 17.2 Å². The number of hydrogen-bond donors (Lipinski definition) is 1. The summed E-state index contributed by atoms with van der Waals surface area (Å²) in [5, 5.41) is 9.53. The fraction of sp³-hybridized carbons (Fsp3) is 0.455. The third-order valence-electron chi connectivity index (χ3n) is 2.70. The average molecular weight is 283 g/mol. The summed E-state index contributed by atoms with van der Waals surface area (Å²) in [6.45, 7) is 1.95. The van der Waals surface area contributed by atoms with E-state index in [1.54, 1.807) is 17.0 Å². The maximum absolute atomic E-state index is 11.7. The molecule has 2 rings (SSSR count). The van der Waals surface area contributed by atoms with E-state index in [1.165, 1.54) is 4.52 Å². The number of primary sulfonamides is 1. The summed E-state index contributed by atoms with van der Waals surface area (Å²) >= 11 is 0. The summed E-state index contributed by atoms with van der Waals surface area (Å²) < 4.78 is 24.8. The largest absolute Gasteiger partial charge is 0.361 e. The van der Waals surface area contributed by atoms with Crippen LogP contribution >= 0.6 is 0 Å². The lowest BCUT2D eigenvalue weighted by molar-refractivity contribution is 0.587. The van der Waals surface area contributed by atoms with Gasteiger partial charge in [0.15, 0.2) is 10.7 Å². The Hall–Kier alpha value is -1.67. The Morgan fingerprint density at radius 2 is 2.05 bits per heavy atom. The quantitative estimate of drug-likeness (QED) is 0.876. The first-order valence-electron chi connectivity index (χ1n) is 5.93. The van der Waals surface area contributed by atoms with Crippen molar-refractivity contribution in [2.45, 2.75) is 24.8 Å². The normalized spacial score (nSPS) is 12.0. The van der Waals surface area contributed by atoms with Gasteiger partial charge in [0.25, 0.3) is 10.0 Å². The highest BCUT2D eigenvalue weighted by atomic mass is 32.2. The molecule has 8 heteroatoms. The van der Waals surface area contributed by atoms with Gasteiger partial charge in [-0.25, -0.2) is 18.5 Å². The highest BCUT2D eigenvalue weighted by Crippen LogP contribution is 2.19. The molecule has 2 aromatic rings. The minimum absolute atomic E-state index is 0.0203. The molecule has 2 N–H and O–H groups in total. The summed E-state index contributed by atoms with van der Waals surface area (Å²) in [4.78, 5) is 6.08. The van der Waals surface area contributed by atoms with Crippen molar-refractivity contribution in [1.82, 2.24) is 14.6 Å². The maximum Gasteiger partial charge on any atom is 0.257 e. The third-order valence-corrected chi connectivity index (χ3v) is 3.65. The van der Waals surface area contributed by atoms with Crippen molar-refractivity contribution >= 4 is 21.5 Å². The molecule has 0 aromatic carbocycles. The first-order chi connectivity index (χ1) is 8.84. The van der Waals surface area contributed by atoms with Gasteiger partial charge in [0.1, 0.15) is 5.82 Å². The van der Waals surface area contributed by atoms with Gasteiger partial charge in [-0.15, -0.1) is 5.10 Å². The number of aromatic nitrogens is 3. The standard InChI is InChI=1S/C11H17N5O2S/c1-4-5-8-11(19(12,17)18)16-9(13-8)6-7-10(14-16)15(2)3/h6-7H,4-5H2,1-3H3,(H2,12,17,18). The molecule has 0 saturated heterocycles. The van der Waals surface area contributed by atoms with Crippen LogP contribution in [0.3, 0.4) is 0 Å². The van der Waals surface area contributed by atoms with Crippen molar-refractivity contribution in [3.8, 4) is 0 Å². The molecule has 0 unspecified atom stereocenters. The van der Waals surface area contributed by atoms with Crippen LogP contribution in [0.1, 0.15) is 19.0 Å². The lowest BCUT2D eigenvalue weighted by Gasteiger charge is -2.11. The molecule has 0 atom stereocenters. The van der Waals surface area contributed by atoms with Crippen molar-refractivity contribution in [2.75, 3.05) is 19.0 Å². The van der Waals surface area contributed by atoms with Crippen molar-refractivity contribution in [3.05, 3.63) is 17.8 Å². The second-order valence-electron chi connectivity index (χ2n) is 4.51. The molecule has 2 aromatic heterocycles. The predicted molar refractivity (Wildman–Crippen MR) is 72.7 cm³/mol. The van der Waals surface area contributed by atoms with Gasteiger partial charge in [-0.1, -0.05) is 13.3 Å². The fourth-order valence-corrected chi connectivity index (χ4v) is 2.72. The molecule has 0 aliphatic rings. The van der Waals surface area contributed by atoms with Crippen molar-refractivity contribution in [2.24, 2.45) is 5.14 Å². The van der Waals surface area contributed by atoms with Crippen LogP contribution in [0.2, 0.25) is 0 Å². The van der Waals surface area contributed by atoms with Crippen LogP contribution in [-0.2, 0) is 16.4 Å². The number of anilines is 1. The zero-order valence-electron chi connectivity index (χ0n) is 11.2. The van der Waals surface area contributed by atoms with Gasteiger partial charge in [0.05, 0.1) is 5.69 Å². The number of imidazole rings is 1. The fourth-order valence-electron chi connectivity index (χ4n) is 1.87. The van der Waals surface area contributed by atoms with E-state index >= 15 is 0 Å². The molecule has 0 saturated carbocycles. The molecule has 0 aliphatic carbocycles. The van der Waals surface area contributed by atoms with Crippen LogP contribution in [-0.4, -0.2) is 37.1 Å². The van der Waals surface area contributed by atoms with Crippen molar-refractivity contribution < 1.29 is 8.42 Å². The number of hydrogen-bond acceptors (Lipinski definition) is 5. The minimum atomic E-state index is -3.86. The van der Waals surface area contributed by atoms with E-state index in [4.69, 9.17) is 5.14 Å². The Labute approximate surface area is 112 Å². The van der Waals surface area contributed by atoms with Gasteiger partial charge in [0, 0.05) is 14.1 Å². The zero-order chi connectivity index (χ0) is 14.2. The van der Waals surface area contributed by atoms with Gasteiger partial charge in [-0.3, -0.25) is 0 Å². The number of sulfonamides is 1. The molecule has 7 nitrogen and oxygen atoms in total. The molecular formula is C11H17N5O2S. The predicted octanol–water partition coefficient (Wildman–Crippen LogP) is 0.395. The Morgan fingerprint density at radius 1 is 1.37 bits per heavy atom. The topological polar surface area (TPSA) is 93.6 Å². The molecule has 19 heavy (non-hydrogen) atoms. The number of aryl methyl sites for hydroxylation is 1. The Balaban J connectivity index is 2.78. The maximum atomic E-state index is 11.7. The first-order valence-corrected chi connectivity index (χ1v) is 7.48. The van der Waals surface area contributed by atoms with Gasteiger partial charge < -0.3 is 4.90 Å². The number of rotatable bonds is 4. The minimum Gasteiger partial charge on any atom is -0.361 e. The highest BCUT2D eigenvalue weighted by molar-refractivity contribution is 7.89. The van der Waals surface area contributed by atoms with E-state index in [-0.39, 0.29) is 5.03 Å². The summed E-state index contributed by atoms with van der Waals surface area (Å²) in [5.41, 5.74) is 0.950. The summed E-state index contributed by atoms with van der Waals surface area (Å²) in [7, 11) is -0.206. The number of fused-ring (bicyclic) bond motifs is 1. The van der Waals surface area contributed by atoms with E-state index in [0.29, 0.717) is 23.6 Å². The molecule has 0 fully saturated rings. The summed E-state index contributed by atoms with van der Waals surface area (Å²) in [6.07, 6.45) is 1.33. The summed E-state index contributed by atoms with van der Waals surface area (Å²) in [5.74, 6) is 0.637. The molecule has 0 radical (unpaired) electrons. The van der Waals surface area contributed by atoms with Gasteiger partial charge in [-0.05, 0) is 18.6 Å². The van der Waals surface area contributed by atoms with Crippen LogP contribution < -0.4 is 10.0 Å². The molecule has 104 valence electrons. The molecular weight excluding hydrogens is 266 g/mol. The Kier molecular flexibility index (Phi) is 3.46. The second-order valence-corrected chi connectivity index (χ2v) is 5.99. The highest BCUT2D eigenvalue weighted by Gasteiger charge is 2.22. The molecule has 0 bridgehead atoms. The average Bonchev–Trinajstić information content (AvgIpc) is 2.65. The van der Waals surface area contributed by atoms with E-state index in [2.05, 4.69) is 10.1 Å². The lowest BCUT2D eigenvalue weighted by atomic mass is 10.3. The van der Waals surface area contributed by atoms with Crippen LogP contribution in [0.4, 0.5) is 5.82 Å². The second kappa shape index (κ2) is 4.78. The lowest BCUT2D eigenvalue weighted by Crippen LogP contribution is -2.19. The SMILES string of the molecule is CCCc1nc2ccc(N(C)C)nn2c1S(N)(=O)=O. The number of nitrogens with zero attached hydrogens (tertiary/aromatic N) is 4. The monoisotopic (exact) mass is 283 g/mol. The molecule has 0 spiro atoms. The van der Waals surface area contributed by atoms with Crippen molar-refractivity contribution in [1.29, 1.82) is 0 Å².